The van der Waals surface area contributed by atoms with Gasteiger partial charge in [-0.05, 0) is 49.6 Å². The molecule has 12 heteroatoms. The Hall–Kier alpha value is -3.77. The van der Waals surface area contributed by atoms with Crippen molar-refractivity contribution in [2.24, 2.45) is 0 Å². The van der Waals surface area contributed by atoms with Gasteiger partial charge in [0, 0.05) is 24.2 Å². The molecule has 198 valence electrons. The number of hydrogen-bond donors (Lipinski definition) is 3. The number of rotatable bonds is 11. The number of nitrogens with two attached hydrogens (primary N) is 1. The van der Waals surface area contributed by atoms with E-state index in [0.29, 0.717) is 24.1 Å². The summed E-state index contributed by atoms with van der Waals surface area (Å²) in [4.78, 5) is 50.0. The maximum absolute atomic E-state index is 13.1. The van der Waals surface area contributed by atoms with E-state index in [2.05, 4.69) is 10.6 Å². The van der Waals surface area contributed by atoms with Gasteiger partial charge >= 0.3 is 5.97 Å². The number of anilines is 1. The van der Waals surface area contributed by atoms with E-state index < -0.39 is 39.9 Å². The van der Waals surface area contributed by atoms with E-state index in [1.54, 1.807) is 36.4 Å². The fourth-order valence-electron chi connectivity index (χ4n) is 4.03. The second-order valence-electron chi connectivity index (χ2n) is 8.56. The van der Waals surface area contributed by atoms with Gasteiger partial charge in [-0.3, -0.25) is 14.4 Å². The first-order chi connectivity index (χ1) is 17.6. The molecule has 0 bridgehead atoms. The monoisotopic (exact) mass is 530 g/mol. The van der Waals surface area contributed by atoms with Gasteiger partial charge in [-0.1, -0.05) is 24.3 Å². The zero-order valence-electron chi connectivity index (χ0n) is 20.4. The van der Waals surface area contributed by atoms with Crippen LogP contribution in [0.1, 0.15) is 36.0 Å². The van der Waals surface area contributed by atoms with Gasteiger partial charge in [0.1, 0.15) is 12.1 Å². The van der Waals surface area contributed by atoms with Crippen LogP contribution in [0, 0.1) is 0 Å². The summed E-state index contributed by atoms with van der Waals surface area (Å²) in [5, 5.41) is 5.04. The zero-order valence-corrected chi connectivity index (χ0v) is 21.2. The number of ketones is 1. The number of nitrogen functional groups attached to an aromatic ring is 1. The number of hydrogen-bond acceptors (Lipinski definition) is 8. The Kier molecular flexibility index (Phi) is 9.36. The fraction of sp³-hybridized carbons (Fsp3) is 0.360. The smallest absolute Gasteiger partial charge is 0.328 e. The van der Waals surface area contributed by atoms with E-state index in [4.69, 9.17) is 10.5 Å². The number of esters is 1. The molecule has 1 aliphatic rings. The normalized spacial score (nSPS) is 16.5. The van der Waals surface area contributed by atoms with Crippen molar-refractivity contribution in [3.63, 3.8) is 0 Å². The molecule has 4 N–H and O–H groups in total. The number of nitrogens with one attached hydrogen (secondary N) is 2. The number of sulfonamides is 1. The van der Waals surface area contributed by atoms with Crippen LogP contribution in [0.3, 0.4) is 0 Å². The Morgan fingerprint density at radius 3 is 2.51 bits per heavy atom. The van der Waals surface area contributed by atoms with Crippen LogP contribution >= 0.6 is 0 Å². The first-order valence-corrected chi connectivity index (χ1v) is 13.2. The topological polar surface area (TPSA) is 165 Å². The maximum atomic E-state index is 13.1. The number of Topliss-reactive ketones (excluding diaryl/α,β-unsaturated/α-hetero) is 1. The van der Waals surface area contributed by atoms with Crippen molar-refractivity contribution in [3.05, 3.63) is 60.2 Å². The van der Waals surface area contributed by atoms with Crippen LogP contribution < -0.4 is 16.4 Å². The lowest BCUT2D eigenvalue weighted by atomic mass is 10.1. The van der Waals surface area contributed by atoms with E-state index in [9.17, 15) is 27.6 Å². The van der Waals surface area contributed by atoms with E-state index in [1.807, 2.05) is 0 Å². The lowest BCUT2D eigenvalue weighted by Crippen LogP contribution is -2.51. The number of carbonyl (C=O) groups is 4. The van der Waals surface area contributed by atoms with Crippen LogP contribution in [-0.4, -0.2) is 68.6 Å². The Morgan fingerprint density at radius 1 is 1.11 bits per heavy atom. The largest absolute Gasteiger partial charge is 0.467 e. The molecule has 0 aliphatic carbocycles. The minimum atomic E-state index is -3.91. The van der Waals surface area contributed by atoms with Crippen molar-refractivity contribution in [1.29, 1.82) is 0 Å². The van der Waals surface area contributed by atoms with Crippen molar-refractivity contribution < 1.29 is 32.3 Å². The molecule has 3 rings (SSSR count). The second-order valence-corrected chi connectivity index (χ2v) is 10.4. The van der Waals surface area contributed by atoms with Gasteiger partial charge in [-0.25, -0.2) is 13.2 Å². The minimum Gasteiger partial charge on any atom is -0.467 e. The van der Waals surface area contributed by atoms with Crippen molar-refractivity contribution in [3.8, 4) is 0 Å². The molecule has 0 unspecified atom stereocenters. The Morgan fingerprint density at radius 2 is 1.84 bits per heavy atom. The van der Waals surface area contributed by atoms with Gasteiger partial charge in [-0.2, -0.15) is 4.31 Å². The van der Waals surface area contributed by atoms with E-state index in [1.165, 1.54) is 18.2 Å². The lowest BCUT2D eigenvalue weighted by molar-refractivity contribution is -0.145. The minimum absolute atomic E-state index is 0.0741. The average molecular weight is 531 g/mol. The van der Waals surface area contributed by atoms with E-state index in [-0.39, 0.29) is 36.6 Å². The van der Waals surface area contributed by atoms with Gasteiger partial charge in [-0.15, -0.1) is 0 Å². The number of ether oxygens (including phenoxy) is 1. The molecule has 2 aromatic carbocycles. The van der Waals surface area contributed by atoms with Gasteiger partial charge < -0.3 is 21.1 Å². The molecule has 1 fully saturated rings. The molecule has 1 heterocycles. The molecule has 2 atom stereocenters. The Balaban J connectivity index is 1.58. The molecule has 2 amide bonds. The molecule has 37 heavy (non-hydrogen) atoms. The van der Waals surface area contributed by atoms with Crippen molar-refractivity contribution in [2.45, 2.75) is 42.7 Å². The maximum Gasteiger partial charge on any atom is 0.328 e. The third-order valence-corrected chi connectivity index (χ3v) is 7.89. The summed E-state index contributed by atoms with van der Waals surface area (Å²) in [6, 6.07) is 11.9. The van der Waals surface area contributed by atoms with Crippen LogP contribution in [0.4, 0.5) is 5.69 Å². The van der Waals surface area contributed by atoms with Crippen LogP contribution in [0.5, 0.6) is 0 Å². The Labute approximate surface area is 215 Å². The van der Waals surface area contributed by atoms with Gasteiger partial charge in [0.25, 0.3) is 5.91 Å². The summed E-state index contributed by atoms with van der Waals surface area (Å²) >= 11 is 0. The summed E-state index contributed by atoms with van der Waals surface area (Å²) in [5.41, 5.74) is 6.37. The molecule has 0 aromatic heterocycles. The van der Waals surface area contributed by atoms with Crippen molar-refractivity contribution >= 4 is 39.3 Å². The fourth-order valence-corrected chi connectivity index (χ4v) is 5.71. The molecule has 1 aliphatic heterocycles. The third-order valence-electron chi connectivity index (χ3n) is 5.97. The SMILES string of the molecule is COC(=O)[C@H](CCC(=O)CNC(=O)c1cccc(N)c1)NC(=O)[C@@H]1CCCN1S(=O)(=O)c1ccccc1. The highest BCUT2D eigenvalue weighted by Gasteiger charge is 2.40. The highest BCUT2D eigenvalue weighted by molar-refractivity contribution is 7.89. The zero-order chi connectivity index (χ0) is 27.0. The number of carbonyl (C=O) groups excluding carboxylic acids is 4. The Bertz CT molecular complexity index is 1250. The van der Waals surface area contributed by atoms with Crippen LogP contribution in [-0.2, 0) is 29.1 Å². The number of benzene rings is 2. The van der Waals surface area contributed by atoms with Crippen LogP contribution in [0.15, 0.2) is 59.5 Å². The average Bonchev–Trinajstić information content (AvgIpc) is 3.41. The van der Waals surface area contributed by atoms with Gasteiger partial charge in [0.2, 0.25) is 15.9 Å². The summed E-state index contributed by atoms with van der Waals surface area (Å²) in [6.07, 6.45) is 0.566. The molecular weight excluding hydrogens is 500 g/mol. The summed E-state index contributed by atoms with van der Waals surface area (Å²) in [6.45, 7) is -0.107. The van der Waals surface area contributed by atoms with E-state index in [0.717, 1.165) is 11.4 Å². The number of amides is 2. The molecule has 1 saturated heterocycles. The third kappa shape index (κ3) is 7.14. The van der Waals surface area contributed by atoms with Gasteiger partial charge in [0.05, 0.1) is 18.6 Å². The predicted octanol–water partition coefficient (Wildman–Crippen LogP) is 0.859. The molecule has 11 nitrogen and oxygen atoms in total. The first-order valence-electron chi connectivity index (χ1n) is 11.7. The molecule has 0 spiro atoms. The standard InChI is InChI=1S/C25H30N4O7S/c1-36-25(33)21(13-12-19(30)16-27-23(31)17-7-5-8-18(26)15-17)28-24(32)22-11-6-14-29(22)37(34,35)20-9-3-2-4-10-20/h2-5,7-10,15,21-22H,6,11-14,16,26H2,1H3,(H,27,31)(H,28,32)/t21-,22-/m0/s1. The molecule has 0 saturated carbocycles. The predicted molar refractivity (Wildman–Crippen MR) is 135 cm³/mol. The number of methoxy groups -OCH3 is 1. The highest BCUT2D eigenvalue weighted by Crippen LogP contribution is 2.26. The summed E-state index contributed by atoms with van der Waals surface area (Å²) in [5.74, 6) is -2.25. The summed E-state index contributed by atoms with van der Waals surface area (Å²) in [7, 11) is -2.76. The first kappa shape index (κ1) is 27.8. The van der Waals surface area contributed by atoms with Crippen molar-refractivity contribution in [2.75, 3.05) is 25.9 Å². The second kappa shape index (κ2) is 12.5. The summed E-state index contributed by atoms with van der Waals surface area (Å²) < 4.78 is 32.0. The lowest BCUT2D eigenvalue weighted by Gasteiger charge is -2.25. The number of nitrogens with zero attached hydrogens (tertiary/aromatic N) is 1. The van der Waals surface area contributed by atoms with Crippen molar-refractivity contribution in [1.82, 2.24) is 14.9 Å². The quantitative estimate of drug-likeness (QED) is 0.284. The molecule has 2 aromatic rings. The van der Waals surface area contributed by atoms with Gasteiger partial charge in [0.15, 0.2) is 5.78 Å². The molecule has 0 radical (unpaired) electrons. The molecular formula is C25H30N4O7S. The van der Waals surface area contributed by atoms with Crippen LogP contribution in [0.2, 0.25) is 0 Å². The highest BCUT2D eigenvalue weighted by atomic mass is 32.2. The van der Waals surface area contributed by atoms with E-state index >= 15 is 0 Å². The van der Waals surface area contributed by atoms with Crippen LogP contribution in [0.25, 0.3) is 0 Å².